The van der Waals surface area contributed by atoms with Crippen molar-refractivity contribution in [1.29, 1.82) is 0 Å². The molecular formula is C15H27N3O. The van der Waals surface area contributed by atoms with Gasteiger partial charge in [-0.1, -0.05) is 34.6 Å². The summed E-state index contributed by atoms with van der Waals surface area (Å²) in [5, 5.41) is 3.38. The van der Waals surface area contributed by atoms with Crippen molar-refractivity contribution in [2.45, 2.75) is 47.3 Å². The van der Waals surface area contributed by atoms with Crippen molar-refractivity contribution >= 4 is 0 Å². The molecule has 1 unspecified atom stereocenters. The maximum Gasteiger partial charge on any atom is 0.157 e. The Morgan fingerprint density at radius 2 is 1.79 bits per heavy atom. The summed E-state index contributed by atoms with van der Waals surface area (Å²) in [5.41, 5.74) is 1.10. The third-order valence-corrected chi connectivity index (χ3v) is 2.86. The van der Waals surface area contributed by atoms with Gasteiger partial charge in [0.15, 0.2) is 5.82 Å². The zero-order chi connectivity index (χ0) is 14.5. The van der Waals surface area contributed by atoms with Gasteiger partial charge in [-0.3, -0.25) is 0 Å². The van der Waals surface area contributed by atoms with Gasteiger partial charge in [0.2, 0.25) is 0 Å². The van der Waals surface area contributed by atoms with Gasteiger partial charge >= 0.3 is 0 Å². The second-order valence-electron chi connectivity index (χ2n) is 6.46. The predicted octanol–water partition coefficient (Wildman–Crippen LogP) is 2.96. The highest BCUT2D eigenvalue weighted by molar-refractivity contribution is 5.07. The minimum Gasteiger partial charge on any atom is -0.373 e. The molecule has 4 heteroatoms. The van der Waals surface area contributed by atoms with E-state index in [1.807, 2.05) is 12.4 Å². The van der Waals surface area contributed by atoms with Gasteiger partial charge in [-0.2, -0.15) is 0 Å². The van der Waals surface area contributed by atoms with Gasteiger partial charge in [0, 0.05) is 31.6 Å². The molecule has 108 valence electrons. The van der Waals surface area contributed by atoms with Crippen LogP contribution in [0.25, 0.3) is 0 Å². The van der Waals surface area contributed by atoms with Gasteiger partial charge in [-0.05, 0) is 17.9 Å². The molecule has 1 aromatic heterocycles. The zero-order valence-electron chi connectivity index (χ0n) is 13.0. The van der Waals surface area contributed by atoms with E-state index < -0.39 is 0 Å². The molecule has 1 heterocycles. The first-order valence-corrected chi connectivity index (χ1v) is 6.89. The molecule has 1 rings (SSSR count). The molecular weight excluding hydrogens is 238 g/mol. The molecule has 1 atom stereocenters. The van der Waals surface area contributed by atoms with E-state index in [0.717, 1.165) is 24.5 Å². The third kappa shape index (κ3) is 5.25. The van der Waals surface area contributed by atoms with E-state index in [2.05, 4.69) is 49.9 Å². The van der Waals surface area contributed by atoms with Crippen LogP contribution in [0.1, 0.15) is 52.1 Å². The topological polar surface area (TPSA) is 47.0 Å². The Kier molecular flexibility index (Phi) is 5.88. The van der Waals surface area contributed by atoms with Crippen LogP contribution < -0.4 is 5.32 Å². The number of methoxy groups -OCH3 is 1. The van der Waals surface area contributed by atoms with Gasteiger partial charge in [-0.15, -0.1) is 0 Å². The number of ether oxygens (including phenoxy) is 1. The first-order chi connectivity index (χ1) is 8.84. The number of hydrogen-bond acceptors (Lipinski definition) is 4. The van der Waals surface area contributed by atoms with Crippen LogP contribution in [0, 0.1) is 11.3 Å². The fourth-order valence-corrected chi connectivity index (χ4v) is 1.94. The van der Waals surface area contributed by atoms with Crippen LogP contribution in [-0.2, 0) is 11.3 Å². The quantitative estimate of drug-likeness (QED) is 0.859. The highest BCUT2D eigenvalue weighted by atomic mass is 16.5. The molecule has 0 amide bonds. The maximum absolute atomic E-state index is 5.51. The molecule has 4 nitrogen and oxygen atoms in total. The van der Waals surface area contributed by atoms with Gasteiger partial charge in [0.25, 0.3) is 0 Å². The highest BCUT2D eigenvalue weighted by Crippen LogP contribution is 2.33. The number of rotatable bonds is 6. The Morgan fingerprint density at radius 3 is 2.21 bits per heavy atom. The molecule has 0 aliphatic carbocycles. The molecule has 0 saturated carbocycles. The largest absolute Gasteiger partial charge is 0.373 e. The van der Waals surface area contributed by atoms with E-state index in [0.29, 0.717) is 5.92 Å². The van der Waals surface area contributed by atoms with Crippen LogP contribution in [-0.4, -0.2) is 23.6 Å². The van der Waals surface area contributed by atoms with Gasteiger partial charge in [-0.25, -0.2) is 9.97 Å². The lowest BCUT2D eigenvalue weighted by Gasteiger charge is -2.27. The summed E-state index contributed by atoms with van der Waals surface area (Å²) in [7, 11) is 1.71. The lowest BCUT2D eigenvalue weighted by Crippen LogP contribution is -2.23. The highest BCUT2D eigenvalue weighted by Gasteiger charge is 2.28. The van der Waals surface area contributed by atoms with Crippen LogP contribution in [0.2, 0.25) is 0 Å². The number of aromatic nitrogens is 2. The van der Waals surface area contributed by atoms with Crippen molar-refractivity contribution in [3.63, 3.8) is 0 Å². The lowest BCUT2D eigenvalue weighted by molar-refractivity contribution is 0.00860. The Bertz CT molecular complexity index is 368. The van der Waals surface area contributed by atoms with E-state index in [9.17, 15) is 0 Å². The van der Waals surface area contributed by atoms with E-state index in [4.69, 9.17) is 4.74 Å². The van der Waals surface area contributed by atoms with E-state index >= 15 is 0 Å². The SMILES string of the molecule is COC(c1ncc(CNCC(C)C)cn1)C(C)(C)C. The molecule has 0 fully saturated rings. The van der Waals surface area contributed by atoms with Crippen LogP contribution in [0.5, 0.6) is 0 Å². The minimum atomic E-state index is -0.0785. The smallest absolute Gasteiger partial charge is 0.157 e. The molecule has 1 aromatic rings. The standard InChI is InChI=1S/C15H27N3O/c1-11(2)7-16-8-12-9-17-14(18-10-12)13(19-6)15(3,4)5/h9-11,13,16H,7-8H2,1-6H3. The van der Waals surface area contributed by atoms with Crippen molar-refractivity contribution in [2.24, 2.45) is 11.3 Å². The van der Waals surface area contributed by atoms with Gasteiger partial charge in [0.1, 0.15) is 6.10 Å². The van der Waals surface area contributed by atoms with E-state index in [1.54, 1.807) is 7.11 Å². The maximum atomic E-state index is 5.51. The first kappa shape index (κ1) is 16.1. The fourth-order valence-electron chi connectivity index (χ4n) is 1.94. The molecule has 0 bridgehead atoms. The lowest BCUT2D eigenvalue weighted by atomic mass is 9.88. The fraction of sp³-hybridized carbons (Fsp3) is 0.733. The summed E-state index contributed by atoms with van der Waals surface area (Å²) < 4.78 is 5.51. The van der Waals surface area contributed by atoms with Gasteiger partial charge < -0.3 is 10.1 Å². The van der Waals surface area contributed by atoms with Crippen molar-refractivity contribution in [3.05, 3.63) is 23.8 Å². The number of nitrogens with one attached hydrogen (secondary N) is 1. The summed E-state index contributed by atoms with van der Waals surface area (Å²) in [4.78, 5) is 8.88. The Balaban J connectivity index is 2.65. The zero-order valence-corrected chi connectivity index (χ0v) is 13.0. The Hall–Kier alpha value is -1.00. The average molecular weight is 265 g/mol. The third-order valence-electron chi connectivity index (χ3n) is 2.86. The summed E-state index contributed by atoms with van der Waals surface area (Å²) in [6, 6.07) is 0. The number of hydrogen-bond donors (Lipinski definition) is 1. The predicted molar refractivity (Wildman–Crippen MR) is 77.8 cm³/mol. The Labute approximate surface area is 117 Å². The summed E-state index contributed by atoms with van der Waals surface area (Å²) in [6.45, 7) is 12.6. The van der Waals surface area contributed by atoms with Gasteiger partial charge in [0.05, 0.1) is 0 Å². The van der Waals surface area contributed by atoms with Crippen molar-refractivity contribution in [1.82, 2.24) is 15.3 Å². The second-order valence-corrected chi connectivity index (χ2v) is 6.46. The molecule has 1 N–H and O–H groups in total. The van der Waals surface area contributed by atoms with Crippen molar-refractivity contribution < 1.29 is 4.74 Å². The summed E-state index contributed by atoms with van der Waals surface area (Å²) in [6.07, 6.45) is 3.69. The van der Waals surface area contributed by atoms with E-state index in [-0.39, 0.29) is 11.5 Å². The first-order valence-electron chi connectivity index (χ1n) is 6.89. The van der Waals surface area contributed by atoms with E-state index in [1.165, 1.54) is 0 Å². The molecule has 0 spiro atoms. The summed E-state index contributed by atoms with van der Waals surface area (Å²) >= 11 is 0. The minimum absolute atomic E-state index is 0.00778. The second kappa shape index (κ2) is 6.96. The monoisotopic (exact) mass is 265 g/mol. The molecule has 0 aliphatic heterocycles. The summed E-state index contributed by atoms with van der Waals surface area (Å²) in [5.74, 6) is 1.40. The van der Waals surface area contributed by atoms with Crippen molar-refractivity contribution in [3.8, 4) is 0 Å². The molecule has 19 heavy (non-hydrogen) atoms. The Morgan fingerprint density at radius 1 is 1.21 bits per heavy atom. The van der Waals surface area contributed by atoms with Crippen molar-refractivity contribution in [2.75, 3.05) is 13.7 Å². The number of nitrogens with zero attached hydrogens (tertiary/aromatic N) is 2. The molecule has 0 aliphatic rings. The van der Waals surface area contributed by atoms with Crippen LogP contribution in [0.4, 0.5) is 0 Å². The molecule has 0 saturated heterocycles. The molecule has 0 radical (unpaired) electrons. The normalized spacial score (nSPS) is 13.8. The average Bonchev–Trinajstić information content (AvgIpc) is 2.30. The van der Waals surface area contributed by atoms with Crippen LogP contribution in [0.15, 0.2) is 12.4 Å². The van der Waals surface area contributed by atoms with Crippen LogP contribution >= 0.6 is 0 Å². The molecule has 0 aromatic carbocycles. The van der Waals surface area contributed by atoms with Crippen LogP contribution in [0.3, 0.4) is 0 Å².